The van der Waals surface area contributed by atoms with E-state index in [0.29, 0.717) is 12.1 Å². The molecule has 0 atom stereocenters. The first kappa shape index (κ1) is 14.4. The maximum Gasteiger partial charge on any atom is 0.165 e. The van der Waals surface area contributed by atoms with Crippen molar-refractivity contribution in [3.63, 3.8) is 0 Å². The van der Waals surface area contributed by atoms with E-state index in [-0.39, 0.29) is 0 Å². The minimum Gasteiger partial charge on any atom is -0.454 e. The lowest BCUT2D eigenvalue weighted by Gasteiger charge is -2.08. The third-order valence-corrected chi connectivity index (χ3v) is 3.88. The predicted octanol–water partition coefficient (Wildman–Crippen LogP) is 4.16. The molecule has 0 bridgehead atoms. The summed E-state index contributed by atoms with van der Waals surface area (Å²) in [6, 6.07) is 6.82. The van der Waals surface area contributed by atoms with Crippen molar-refractivity contribution in [3.05, 3.63) is 41.2 Å². The molecule has 21 heavy (non-hydrogen) atoms. The molecule has 3 rings (SSSR count). The highest BCUT2D eigenvalue weighted by Gasteiger charge is 2.20. The number of aromatic nitrogens is 2. The Bertz CT molecular complexity index is 620. The summed E-state index contributed by atoms with van der Waals surface area (Å²) in [6.45, 7) is 4.97. The molecule has 0 unspecified atom stereocenters. The van der Waals surface area contributed by atoms with Crippen LogP contribution in [0.5, 0.6) is 11.5 Å². The Morgan fingerprint density at radius 3 is 2.81 bits per heavy atom. The zero-order valence-electron chi connectivity index (χ0n) is 12.3. The van der Waals surface area contributed by atoms with Gasteiger partial charge in [0.05, 0.1) is 12.4 Å². The fourth-order valence-electron chi connectivity index (χ4n) is 2.07. The lowest BCUT2D eigenvalue weighted by molar-refractivity contribution is 0.477. The molecular formula is C16H20ClN3O. The molecule has 1 aliphatic carbocycles. The lowest BCUT2D eigenvalue weighted by atomic mass is 10.2. The van der Waals surface area contributed by atoms with Gasteiger partial charge in [0.15, 0.2) is 5.75 Å². The Kier molecular flexibility index (Phi) is 4.17. The summed E-state index contributed by atoms with van der Waals surface area (Å²) >= 11 is 6.31. The van der Waals surface area contributed by atoms with Crippen molar-refractivity contribution in [1.82, 2.24) is 15.1 Å². The molecule has 1 heterocycles. The van der Waals surface area contributed by atoms with E-state index in [1.54, 1.807) is 6.20 Å². The lowest BCUT2D eigenvalue weighted by Crippen LogP contribution is -2.15. The number of benzene rings is 1. The standard InChI is InChI=1S/C16H20ClN3O/c1-11(2)20-10-15(9-19-20)21-14-6-3-12(16(17)7-14)8-18-13-4-5-13/h3,6-7,9-11,13,18H,4-5,8H2,1-2H3. The van der Waals surface area contributed by atoms with Crippen molar-refractivity contribution in [2.75, 3.05) is 0 Å². The van der Waals surface area contributed by atoms with Gasteiger partial charge in [-0.15, -0.1) is 0 Å². The van der Waals surface area contributed by atoms with E-state index in [2.05, 4.69) is 24.3 Å². The van der Waals surface area contributed by atoms with Gasteiger partial charge in [0.25, 0.3) is 0 Å². The van der Waals surface area contributed by atoms with Gasteiger partial charge in [0.1, 0.15) is 5.75 Å². The summed E-state index contributed by atoms with van der Waals surface area (Å²) in [5.41, 5.74) is 1.11. The second kappa shape index (κ2) is 6.08. The van der Waals surface area contributed by atoms with Crippen LogP contribution in [0, 0.1) is 0 Å². The summed E-state index contributed by atoms with van der Waals surface area (Å²) in [7, 11) is 0. The van der Waals surface area contributed by atoms with Gasteiger partial charge < -0.3 is 10.1 Å². The van der Waals surface area contributed by atoms with E-state index in [0.717, 1.165) is 28.6 Å². The molecule has 1 aliphatic rings. The summed E-state index contributed by atoms with van der Waals surface area (Å²) in [5, 5.41) is 8.45. The molecule has 2 aromatic rings. The number of hydrogen-bond donors (Lipinski definition) is 1. The third-order valence-electron chi connectivity index (χ3n) is 3.53. The average Bonchev–Trinajstić information content (AvgIpc) is 3.15. The van der Waals surface area contributed by atoms with E-state index in [4.69, 9.17) is 16.3 Å². The van der Waals surface area contributed by atoms with Gasteiger partial charge >= 0.3 is 0 Å². The second-order valence-electron chi connectivity index (χ2n) is 5.76. The Labute approximate surface area is 130 Å². The Hall–Kier alpha value is -1.52. The van der Waals surface area contributed by atoms with Crippen molar-refractivity contribution in [3.8, 4) is 11.5 Å². The number of rotatable bonds is 6. The molecule has 0 saturated heterocycles. The fraction of sp³-hybridized carbons (Fsp3) is 0.438. The molecule has 5 heteroatoms. The van der Waals surface area contributed by atoms with Crippen molar-refractivity contribution in [2.45, 2.75) is 45.3 Å². The highest BCUT2D eigenvalue weighted by molar-refractivity contribution is 6.31. The van der Waals surface area contributed by atoms with Crippen LogP contribution in [0.4, 0.5) is 0 Å². The Morgan fingerprint density at radius 2 is 2.19 bits per heavy atom. The van der Waals surface area contributed by atoms with E-state index < -0.39 is 0 Å². The van der Waals surface area contributed by atoms with Gasteiger partial charge in [0, 0.05) is 23.7 Å². The molecule has 0 spiro atoms. The number of hydrogen-bond acceptors (Lipinski definition) is 3. The van der Waals surface area contributed by atoms with E-state index in [9.17, 15) is 0 Å². The highest BCUT2D eigenvalue weighted by atomic mass is 35.5. The smallest absolute Gasteiger partial charge is 0.165 e. The molecule has 0 aliphatic heterocycles. The summed E-state index contributed by atoms with van der Waals surface area (Å²) in [4.78, 5) is 0. The van der Waals surface area contributed by atoms with Crippen molar-refractivity contribution in [1.29, 1.82) is 0 Å². The van der Waals surface area contributed by atoms with E-state index in [1.165, 1.54) is 12.8 Å². The summed E-state index contributed by atoms with van der Waals surface area (Å²) < 4.78 is 7.66. The van der Waals surface area contributed by atoms with E-state index >= 15 is 0 Å². The zero-order valence-corrected chi connectivity index (χ0v) is 13.1. The minimum atomic E-state index is 0.321. The normalized spacial score (nSPS) is 14.7. The molecule has 0 radical (unpaired) electrons. The number of halogens is 1. The predicted molar refractivity (Wildman–Crippen MR) is 84.0 cm³/mol. The van der Waals surface area contributed by atoms with Crippen LogP contribution in [-0.4, -0.2) is 15.8 Å². The second-order valence-corrected chi connectivity index (χ2v) is 6.17. The molecule has 1 aromatic carbocycles. The molecule has 1 aromatic heterocycles. The third kappa shape index (κ3) is 3.77. The number of nitrogens with one attached hydrogen (secondary N) is 1. The van der Waals surface area contributed by atoms with Gasteiger partial charge in [0.2, 0.25) is 0 Å². The largest absolute Gasteiger partial charge is 0.454 e. The topological polar surface area (TPSA) is 39.1 Å². The monoisotopic (exact) mass is 305 g/mol. The number of nitrogens with zero attached hydrogens (tertiary/aromatic N) is 2. The summed E-state index contributed by atoms with van der Waals surface area (Å²) in [5.74, 6) is 1.46. The van der Waals surface area contributed by atoms with Crippen LogP contribution in [0.25, 0.3) is 0 Å². The van der Waals surface area contributed by atoms with Crippen LogP contribution in [0.2, 0.25) is 5.02 Å². The average molecular weight is 306 g/mol. The van der Waals surface area contributed by atoms with Gasteiger partial charge in [-0.3, -0.25) is 4.68 Å². The molecule has 4 nitrogen and oxygen atoms in total. The van der Waals surface area contributed by atoms with Crippen LogP contribution < -0.4 is 10.1 Å². The van der Waals surface area contributed by atoms with Crippen molar-refractivity contribution in [2.24, 2.45) is 0 Å². The molecular weight excluding hydrogens is 286 g/mol. The van der Waals surface area contributed by atoms with Gasteiger partial charge in [-0.05, 0) is 44.4 Å². The SMILES string of the molecule is CC(C)n1cc(Oc2ccc(CNC3CC3)c(Cl)c2)cn1. The van der Waals surface area contributed by atoms with Gasteiger partial charge in [-0.2, -0.15) is 5.10 Å². The molecule has 1 saturated carbocycles. The van der Waals surface area contributed by atoms with Crippen LogP contribution in [0.3, 0.4) is 0 Å². The molecule has 1 fully saturated rings. The van der Waals surface area contributed by atoms with Crippen LogP contribution in [0.1, 0.15) is 38.3 Å². The molecule has 1 N–H and O–H groups in total. The zero-order chi connectivity index (χ0) is 14.8. The molecule has 0 amide bonds. The van der Waals surface area contributed by atoms with Crippen LogP contribution in [-0.2, 0) is 6.54 Å². The maximum atomic E-state index is 6.31. The molecule has 112 valence electrons. The van der Waals surface area contributed by atoms with E-state index in [1.807, 2.05) is 29.1 Å². The highest BCUT2D eigenvalue weighted by Crippen LogP contribution is 2.28. The number of ether oxygens (including phenoxy) is 1. The first-order chi connectivity index (χ1) is 10.1. The quantitative estimate of drug-likeness (QED) is 0.871. The minimum absolute atomic E-state index is 0.321. The van der Waals surface area contributed by atoms with Gasteiger partial charge in [-0.1, -0.05) is 17.7 Å². The Balaban J connectivity index is 1.65. The van der Waals surface area contributed by atoms with Crippen molar-refractivity contribution < 1.29 is 4.74 Å². The Morgan fingerprint density at radius 1 is 1.38 bits per heavy atom. The van der Waals surface area contributed by atoms with Crippen molar-refractivity contribution >= 4 is 11.6 Å². The first-order valence-electron chi connectivity index (χ1n) is 7.35. The van der Waals surface area contributed by atoms with Gasteiger partial charge in [-0.25, -0.2) is 0 Å². The van der Waals surface area contributed by atoms with Crippen LogP contribution in [0.15, 0.2) is 30.6 Å². The fourth-order valence-corrected chi connectivity index (χ4v) is 2.31. The van der Waals surface area contributed by atoms with Crippen LogP contribution >= 0.6 is 11.6 Å². The maximum absolute atomic E-state index is 6.31. The first-order valence-corrected chi connectivity index (χ1v) is 7.73. The summed E-state index contributed by atoms with van der Waals surface area (Å²) in [6.07, 6.45) is 6.16.